The maximum absolute atomic E-state index is 13.3. The molecule has 2 aromatic carbocycles. The Bertz CT molecular complexity index is 1080. The van der Waals surface area contributed by atoms with Crippen LogP contribution < -0.4 is 5.56 Å². The Labute approximate surface area is 167 Å². The molecule has 0 saturated carbocycles. The van der Waals surface area contributed by atoms with Gasteiger partial charge in [0.15, 0.2) is 5.16 Å². The summed E-state index contributed by atoms with van der Waals surface area (Å²) in [6.45, 7) is 3.75. The number of carbonyl (C=O) groups is 1. The summed E-state index contributed by atoms with van der Waals surface area (Å²) in [5.74, 6) is -0.0447. The van der Waals surface area contributed by atoms with Crippen LogP contribution in [-0.4, -0.2) is 39.7 Å². The van der Waals surface area contributed by atoms with E-state index in [9.17, 15) is 9.59 Å². The molecule has 0 unspecified atom stereocenters. The third-order valence-corrected chi connectivity index (χ3v) is 5.50. The van der Waals surface area contributed by atoms with Crippen LogP contribution in [0.3, 0.4) is 0 Å². The van der Waals surface area contributed by atoms with Crippen molar-refractivity contribution < 1.29 is 4.79 Å². The molecule has 0 bridgehead atoms. The number of hydrogen-bond acceptors (Lipinski definition) is 4. The second-order valence-electron chi connectivity index (χ2n) is 6.48. The molecule has 0 fully saturated rings. The SMILES string of the molecule is Cc1ccccc1-n1c(S[C@H](C)C(=O)N(C)C)nc2cc(Cl)ccc2c1=O. The van der Waals surface area contributed by atoms with E-state index in [1.54, 1.807) is 36.9 Å². The van der Waals surface area contributed by atoms with Crippen molar-refractivity contribution in [2.45, 2.75) is 24.3 Å². The molecule has 0 radical (unpaired) electrons. The maximum Gasteiger partial charge on any atom is 0.266 e. The summed E-state index contributed by atoms with van der Waals surface area (Å²) < 4.78 is 1.58. The van der Waals surface area contributed by atoms with Gasteiger partial charge in [0.25, 0.3) is 5.56 Å². The normalized spacial score (nSPS) is 12.2. The number of nitrogens with zero attached hydrogens (tertiary/aromatic N) is 3. The Morgan fingerprint density at radius 1 is 1.22 bits per heavy atom. The van der Waals surface area contributed by atoms with Gasteiger partial charge in [-0.15, -0.1) is 0 Å². The summed E-state index contributed by atoms with van der Waals surface area (Å²) in [5.41, 5.74) is 2.03. The van der Waals surface area contributed by atoms with Crippen LogP contribution in [0, 0.1) is 6.92 Å². The van der Waals surface area contributed by atoms with Crippen LogP contribution in [0.1, 0.15) is 12.5 Å². The Hall–Kier alpha value is -2.31. The highest BCUT2D eigenvalue weighted by Gasteiger charge is 2.22. The Morgan fingerprint density at radius 3 is 2.59 bits per heavy atom. The quantitative estimate of drug-likeness (QED) is 0.491. The molecular formula is C20H20ClN3O2S. The van der Waals surface area contributed by atoms with Gasteiger partial charge in [-0.3, -0.25) is 14.2 Å². The first-order valence-electron chi connectivity index (χ1n) is 8.45. The lowest BCUT2D eigenvalue weighted by Gasteiger charge is -2.19. The number of rotatable bonds is 4. The second-order valence-corrected chi connectivity index (χ2v) is 8.22. The van der Waals surface area contributed by atoms with E-state index in [2.05, 4.69) is 4.98 Å². The van der Waals surface area contributed by atoms with Gasteiger partial charge in [0, 0.05) is 19.1 Å². The van der Waals surface area contributed by atoms with Crippen molar-refractivity contribution in [3.63, 3.8) is 0 Å². The fraction of sp³-hybridized carbons (Fsp3) is 0.250. The average Bonchev–Trinajstić information content (AvgIpc) is 2.62. The highest BCUT2D eigenvalue weighted by molar-refractivity contribution is 8.00. The zero-order chi connectivity index (χ0) is 19.7. The minimum Gasteiger partial charge on any atom is -0.348 e. The molecule has 5 nitrogen and oxygen atoms in total. The van der Waals surface area contributed by atoms with E-state index in [4.69, 9.17) is 11.6 Å². The van der Waals surface area contributed by atoms with Gasteiger partial charge in [-0.05, 0) is 43.7 Å². The number of halogens is 1. The summed E-state index contributed by atoms with van der Waals surface area (Å²) in [5, 5.41) is 1.07. The summed E-state index contributed by atoms with van der Waals surface area (Å²) in [7, 11) is 3.42. The molecule has 1 atom stereocenters. The van der Waals surface area contributed by atoms with Crippen molar-refractivity contribution in [3.8, 4) is 5.69 Å². The van der Waals surface area contributed by atoms with E-state index in [0.717, 1.165) is 11.3 Å². The van der Waals surface area contributed by atoms with Gasteiger partial charge < -0.3 is 4.90 Å². The zero-order valence-corrected chi connectivity index (χ0v) is 17.1. The summed E-state index contributed by atoms with van der Waals surface area (Å²) in [6.07, 6.45) is 0. The lowest BCUT2D eigenvalue weighted by atomic mass is 10.2. The van der Waals surface area contributed by atoms with E-state index in [1.807, 2.05) is 38.1 Å². The number of amides is 1. The highest BCUT2D eigenvalue weighted by atomic mass is 35.5. The van der Waals surface area contributed by atoms with Crippen molar-refractivity contribution in [1.82, 2.24) is 14.5 Å². The van der Waals surface area contributed by atoms with Crippen molar-refractivity contribution >= 4 is 40.2 Å². The van der Waals surface area contributed by atoms with Crippen molar-refractivity contribution in [2.24, 2.45) is 0 Å². The Kier molecular flexibility index (Phi) is 5.58. The fourth-order valence-corrected chi connectivity index (χ4v) is 4.05. The molecule has 0 aliphatic heterocycles. The van der Waals surface area contributed by atoms with Crippen LogP contribution in [0.5, 0.6) is 0 Å². The Morgan fingerprint density at radius 2 is 1.93 bits per heavy atom. The molecule has 0 aliphatic rings. The number of carbonyl (C=O) groups excluding carboxylic acids is 1. The smallest absolute Gasteiger partial charge is 0.266 e. The first-order chi connectivity index (χ1) is 12.8. The lowest BCUT2D eigenvalue weighted by molar-refractivity contribution is -0.127. The standard InChI is InChI=1S/C20H20ClN3O2S/c1-12-7-5-6-8-17(12)24-19(26)15-10-9-14(21)11-16(15)22-20(24)27-13(2)18(25)23(3)4/h5-11,13H,1-4H3/t13-/m1/s1. The molecule has 0 spiro atoms. The molecule has 0 aliphatic carbocycles. The predicted molar refractivity (Wildman–Crippen MR) is 111 cm³/mol. The van der Waals surface area contributed by atoms with E-state index >= 15 is 0 Å². The monoisotopic (exact) mass is 401 g/mol. The molecule has 27 heavy (non-hydrogen) atoms. The van der Waals surface area contributed by atoms with Crippen LogP contribution in [0.25, 0.3) is 16.6 Å². The van der Waals surface area contributed by atoms with Crippen LogP contribution >= 0.6 is 23.4 Å². The van der Waals surface area contributed by atoms with Gasteiger partial charge in [-0.2, -0.15) is 0 Å². The topological polar surface area (TPSA) is 55.2 Å². The van der Waals surface area contributed by atoms with Crippen molar-refractivity contribution in [1.29, 1.82) is 0 Å². The maximum atomic E-state index is 13.3. The van der Waals surface area contributed by atoms with Gasteiger partial charge in [0.05, 0.1) is 21.8 Å². The predicted octanol–water partition coefficient (Wildman–Crippen LogP) is 3.92. The van der Waals surface area contributed by atoms with Crippen molar-refractivity contribution in [2.75, 3.05) is 14.1 Å². The summed E-state index contributed by atoms with van der Waals surface area (Å²) >= 11 is 7.35. The van der Waals surface area contributed by atoms with E-state index in [0.29, 0.717) is 21.1 Å². The third-order valence-electron chi connectivity index (χ3n) is 4.23. The molecular weight excluding hydrogens is 382 g/mol. The molecule has 1 aromatic heterocycles. The van der Waals surface area contributed by atoms with Crippen LogP contribution in [0.2, 0.25) is 5.02 Å². The molecule has 140 valence electrons. The van der Waals surface area contributed by atoms with Crippen molar-refractivity contribution in [3.05, 3.63) is 63.4 Å². The largest absolute Gasteiger partial charge is 0.348 e. The number of aromatic nitrogens is 2. The number of benzene rings is 2. The van der Waals surface area contributed by atoms with E-state index in [1.165, 1.54) is 16.7 Å². The van der Waals surface area contributed by atoms with Gasteiger partial charge in [-0.25, -0.2) is 4.98 Å². The summed E-state index contributed by atoms with van der Waals surface area (Å²) in [4.78, 5) is 31.8. The van der Waals surface area contributed by atoms with Gasteiger partial charge in [0.2, 0.25) is 5.91 Å². The molecule has 7 heteroatoms. The number of fused-ring (bicyclic) bond motifs is 1. The molecule has 3 aromatic rings. The van der Waals surface area contributed by atoms with E-state index in [-0.39, 0.29) is 16.7 Å². The minimum atomic E-state index is -0.390. The van der Waals surface area contributed by atoms with Gasteiger partial charge in [-0.1, -0.05) is 41.6 Å². The second kappa shape index (κ2) is 7.74. The highest BCUT2D eigenvalue weighted by Crippen LogP contribution is 2.27. The average molecular weight is 402 g/mol. The van der Waals surface area contributed by atoms with Gasteiger partial charge >= 0.3 is 0 Å². The number of aryl methyl sites for hydroxylation is 1. The van der Waals surface area contributed by atoms with Crippen LogP contribution in [-0.2, 0) is 4.79 Å². The number of para-hydroxylation sites is 1. The molecule has 0 saturated heterocycles. The zero-order valence-electron chi connectivity index (χ0n) is 15.6. The molecule has 0 N–H and O–H groups in total. The van der Waals surface area contributed by atoms with E-state index < -0.39 is 0 Å². The third kappa shape index (κ3) is 3.87. The minimum absolute atomic E-state index is 0.0447. The first kappa shape index (κ1) is 19.5. The fourth-order valence-electron chi connectivity index (χ4n) is 2.82. The molecule has 3 rings (SSSR count). The molecule has 1 amide bonds. The number of thioether (sulfide) groups is 1. The summed E-state index contributed by atoms with van der Waals surface area (Å²) in [6, 6.07) is 12.7. The Balaban J connectivity index is 2.26. The van der Waals surface area contributed by atoms with Crippen LogP contribution in [0.15, 0.2) is 52.4 Å². The number of hydrogen-bond donors (Lipinski definition) is 0. The molecule has 1 heterocycles. The van der Waals surface area contributed by atoms with Crippen LogP contribution in [0.4, 0.5) is 0 Å². The first-order valence-corrected chi connectivity index (χ1v) is 9.71. The van der Waals surface area contributed by atoms with Gasteiger partial charge in [0.1, 0.15) is 0 Å². The lowest BCUT2D eigenvalue weighted by Crippen LogP contribution is -2.31.